The number of hydrogen-bond acceptors (Lipinski definition) is 5. The quantitative estimate of drug-likeness (QED) is 0.680. The molecule has 2 aromatic heterocycles. The molecule has 132 valence electrons. The maximum atomic E-state index is 12.2. The van der Waals surface area contributed by atoms with Crippen LogP contribution in [0.5, 0.6) is 11.5 Å². The number of nitrogens with zero attached hydrogens (tertiary/aromatic N) is 2. The summed E-state index contributed by atoms with van der Waals surface area (Å²) in [6, 6.07) is 9.47. The molecule has 1 N–H and O–H groups in total. The fourth-order valence-corrected chi connectivity index (χ4v) is 3.45. The smallest absolute Gasteiger partial charge is 0.244 e. The largest absolute Gasteiger partial charge is 0.454 e. The van der Waals surface area contributed by atoms with Gasteiger partial charge in [0, 0.05) is 25.0 Å². The number of carbonyl (C=O) groups excluding carboxylic acids is 1. The molecule has 0 aliphatic carbocycles. The lowest BCUT2D eigenvalue weighted by molar-refractivity contribution is -0.116. The van der Waals surface area contributed by atoms with Gasteiger partial charge in [-0.05, 0) is 52.2 Å². The first-order chi connectivity index (χ1) is 12.8. The Labute approximate surface area is 154 Å². The topological polar surface area (TPSA) is 65.4 Å². The molecule has 0 radical (unpaired) electrons. The first kappa shape index (κ1) is 16.4. The van der Waals surface area contributed by atoms with Gasteiger partial charge in [0.2, 0.25) is 12.7 Å². The molecule has 1 atom stereocenters. The van der Waals surface area contributed by atoms with E-state index in [1.807, 2.05) is 46.6 Å². The molecule has 1 aliphatic rings. The first-order valence-corrected chi connectivity index (χ1v) is 9.11. The number of aromatic nitrogens is 2. The van der Waals surface area contributed by atoms with Crippen molar-refractivity contribution in [3.05, 3.63) is 70.7 Å². The van der Waals surface area contributed by atoms with Gasteiger partial charge >= 0.3 is 0 Å². The summed E-state index contributed by atoms with van der Waals surface area (Å²) in [6.07, 6.45) is 6.91. The standard InChI is InChI=1S/C19H17N3O3S/c23-19(5-3-14-2-4-17-18(10-14)25-13-24-17)20-11-16(15-6-9-26-12-15)22-8-1-7-21-22/h1-10,12,16H,11,13H2,(H,20,23)/b5-3+/t16-/m0/s1. The molecule has 7 heteroatoms. The number of ether oxygens (including phenoxy) is 2. The lowest BCUT2D eigenvalue weighted by Gasteiger charge is -2.16. The Morgan fingerprint density at radius 2 is 2.27 bits per heavy atom. The van der Waals surface area contributed by atoms with Crippen LogP contribution in [0, 0.1) is 0 Å². The molecule has 3 heterocycles. The van der Waals surface area contributed by atoms with E-state index in [1.165, 1.54) is 6.08 Å². The predicted octanol–water partition coefficient (Wildman–Crippen LogP) is 3.09. The van der Waals surface area contributed by atoms with Crippen LogP contribution >= 0.6 is 11.3 Å². The summed E-state index contributed by atoms with van der Waals surface area (Å²) in [6.45, 7) is 0.698. The number of rotatable bonds is 6. The summed E-state index contributed by atoms with van der Waals surface area (Å²) < 4.78 is 12.5. The molecule has 26 heavy (non-hydrogen) atoms. The summed E-state index contributed by atoms with van der Waals surface area (Å²) in [5, 5.41) is 11.3. The summed E-state index contributed by atoms with van der Waals surface area (Å²) >= 11 is 1.63. The molecule has 1 aliphatic heterocycles. The van der Waals surface area contributed by atoms with Crippen molar-refractivity contribution in [1.29, 1.82) is 0 Å². The molecular weight excluding hydrogens is 350 g/mol. The lowest BCUT2D eigenvalue weighted by Crippen LogP contribution is -2.30. The number of amides is 1. The monoisotopic (exact) mass is 367 g/mol. The Morgan fingerprint density at radius 1 is 1.35 bits per heavy atom. The maximum absolute atomic E-state index is 12.2. The van der Waals surface area contributed by atoms with E-state index >= 15 is 0 Å². The van der Waals surface area contributed by atoms with Crippen LogP contribution in [0.4, 0.5) is 0 Å². The van der Waals surface area contributed by atoms with Gasteiger partial charge in [0.1, 0.15) is 0 Å². The van der Waals surface area contributed by atoms with Crippen LogP contribution in [0.25, 0.3) is 6.08 Å². The molecule has 0 bridgehead atoms. The fourth-order valence-electron chi connectivity index (χ4n) is 2.74. The Balaban J connectivity index is 1.39. The van der Waals surface area contributed by atoms with Crippen molar-refractivity contribution in [2.75, 3.05) is 13.3 Å². The number of thiophene rings is 1. The summed E-state index contributed by atoms with van der Waals surface area (Å²) in [7, 11) is 0. The highest BCUT2D eigenvalue weighted by Gasteiger charge is 2.15. The summed E-state index contributed by atoms with van der Waals surface area (Å²) in [4.78, 5) is 12.2. The van der Waals surface area contributed by atoms with Crippen molar-refractivity contribution in [3.8, 4) is 11.5 Å². The van der Waals surface area contributed by atoms with E-state index in [1.54, 1.807) is 23.6 Å². The normalized spacial score (nSPS) is 13.8. The summed E-state index contributed by atoms with van der Waals surface area (Å²) in [5.74, 6) is 1.27. The highest BCUT2D eigenvalue weighted by atomic mass is 32.1. The zero-order valence-corrected chi connectivity index (χ0v) is 14.7. The summed E-state index contributed by atoms with van der Waals surface area (Å²) in [5.41, 5.74) is 2.00. The maximum Gasteiger partial charge on any atom is 0.244 e. The second kappa shape index (κ2) is 7.45. The highest BCUT2D eigenvalue weighted by molar-refractivity contribution is 7.07. The molecular formula is C19H17N3O3S. The van der Waals surface area contributed by atoms with E-state index in [-0.39, 0.29) is 18.7 Å². The third-order valence-electron chi connectivity index (χ3n) is 4.07. The Kier molecular flexibility index (Phi) is 4.70. The minimum Gasteiger partial charge on any atom is -0.454 e. The Bertz CT molecular complexity index is 870. The van der Waals surface area contributed by atoms with E-state index in [2.05, 4.69) is 15.8 Å². The molecule has 0 saturated carbocycles. The van der Waals surface area contributed by atoms with E-state index < -0.39 is 0 Å². The van der Waals surface area contributed by atoms with Gasteiger partial charge in [-0.15, -0.1) is 0 Å². The van der Waals surface area contributed by atoms with E-state index in [4.69, 9.17) is 9.47 Å². The number of hydrogen-bond donors (Lipinski definition) is 1. The molecule has 4 rings (SSSR count). The van der Waals surface area contributed by atoms with Crippen molar-refractivity contribution in [2.24, 2.45) is 0 Å². The van der Waals surface area contributed by atoms with Gasteiger partial charge in [-0.2, -0.15) is 16.4 Å². The van der Waals surface area contributed by atoms with Crippen LogP contribution in [0.3, 0.4) is 0 Å². The minimum absolute atomic E-state index is 0.0286. The zero-order valence-electron chi connectivity index (χ0n) is 13.9. The molecule has 0 spiro atoms. The second-order valence-corrected chi connectivity index (χ2v) is 6.53. The molecule has 0 saturated heterocycles. The van der Waals surface area contributed by atoms with Gasteiger partial charge in [-0.1, -0.05) is 6.07 Å². The van der Waals surface area contributed by atoms with Crippen LogP contribution < -0.4 is 14.8 Å². The van der Waals surface area contributed by atoms with Crippen LogP contribution in [-0.4, -0.2) is 29.0 Å². The SMILES string of the molecule is O=C(/C=C/c1ccc2c(c1)OCO2)NC[C@@H](c1ccsc1)n1cccn1. The average Bonchev–Trinajstić information content (AvgIpc) is 3.41. The molecule has 0 unspecified atom stereocenters. The van der Waals surface area contributed by atoms with E-state index in [0.717, 1.165) is 16.9 Å². The van der Waals surface area contributed by atoms with Crippen LogP contribution in [0.2, 0.25) is 0 Å². The molecule has 1 amide bonds. The number of carbonyl (C=O) groups is 1. The average molecular weight is 367 g/mol. The third-order valence-corrected chi connectivity index (χ3v) is 4.77. The zero-order chi connectivity index (χ0) is 17.8. The lowest BCUT2D eigenvalue weighted by atomic mass is 10.1. The van der Waals surface area contributed by atoms with Gasteiger partial charge in [0.15, 0.2) is 11.5 Å². The van der Waals surface area contributed by atoms with Crippen LogP contribution in [-0.2, 0) is 4.79 Å². The molecule has 1 aromatic carbocycles. The fraction of sp³-hybridized carbons (Fsp3) is 0.158. The third kappa shape index (κ3) is 3.62. The van der Waals surface area contributed by atoms with Gasteiger partial charge < -0.3 is 14.8 Å². The second-order valence-electron chi connectivity index (χ2n) is 5.75. The van der Waals surface area contributed by atoms with Gasteiger partial charge in [-0.3, -0.25) is 9.48 Å². The van der Waals surface area contributed by atoms with Crippen molar-refractivity contribution < 1.29 is 14.3 Å². The molecule has 6 nitrogen and oxygen atoms in total. The predicted molar refractivity (Wildman–Crippen MR) is 99.3 cm³/mol. The Morgan fingerprint density at radius 3 is 3.08 bits per heavy atom. The van der Waals surface area contributed by atoms with Crippen molar-refractivity contribution in [2.45, 2.75) is 6.04 Å². The molecule has 3 aromatic rings. The highest BCUT2D eigenvalue weighted by Crippen LogP contribution is 2.32. The van der Waals surface area contributed by atoms with Crippen LogP contribution in [0.15, 0.2) is 59.6 Å². The van der Waals surface area contributed by atoms with Gasteiger partial charge in [0.05, 0.1) is 6.04 Å². The van der Waals surface area contributed by atoms with Crippen molar-refractivity contribution >= 4 is 23.3 Å². The van der Waals surface area contributed by atoms with Crippen molar-refractivity contribution in [3.63, 3.8) is 0 Å². The number of fused-ring (bicyclic) bond motifs is 1. The van der Waals surface area contributed by atoms with Crippen molar-refractivity contribution in [1.82, 2.24) is 15.1 Å². The number of nitrogens with one attached hydrogen (secondary N) is 1. The van der Waals surface area contributed by atoms with Gasteiger partial charge in [-0.25, -0.2) is 0 Å². The first-order valence-electron chi connectivity index (χ1n) is 8.16. The van der Waals surface area contributed by atoms with Crippen LogP contribution in [0.1, 0.15) is 17.2 Å². The molecule has 0 fully saturated rings. The Hall–Kier alpha value is -3.06. The minimum atomic E-state index is -0.157. The van der Waals surface area contributed by atoms with Gasteiger partial charge in [0.25, 0.3) is 0 Å². The van der Waals surface area contributed by atoms with E-state index in [0.29, 0.717) is 12.3 Å². The van der Waals surface area contributed by atoms with E-state index in [9.17, 15) is 4.79 Å². The number of benzene rings is 1.